The zero-order valence-corrected chi connectivity index (χ0v) is 14.7. The molecule has 4 rings (SSSR count). The van der Waals surface area contributed by atoms with Gasteiger partial charge in [0.1, 0.15) is 28.5 Å². The lowest BCUT2D eigenvalue weighted by Crippen LogP contribution is -2.40. The first-order chi connectivity index (χ1) is 13.6. The summed E-state index contributed by atoms with van der Waals surface area (Å²) in [4.78, 5) is 27.0. The maximum absolute atomic E-state index is 14.0. The van der Waals surface area contributed by atoms with Crippen LogP contribution in [0.5, 0.6) is 0 Å². The van der Waals surface area contributed by atoms with Crippen molar-refractivity contribution >= 4 is 28.5 Å². The highest BCUT2D eigenvalue weighted by Gasteiger charge is 2.28. The second kappa shape index (κ2) is 7.40. The molecule has 2 heterocycles. The van der Waals surface area contributed by atoms with E-state index < -0.39 is 29.0 Å². The quantitative estimate of drug-likeness (QED) is 0.749. The minimum Gasteiger partial charge on any atom is -0.449 e. The molecule has 1 fully saturated rings. The summed E-state index contributed by atoms with van der Waals surface area (Å²) >= 11 is 0. The van der Waals surface area contributed by atoms with Gasteiger partial charge in [0.2, 0.25) is 5.76 Å². The average Bonchev–Trinajstić information content (AvgIpc) is 3.06. The van der Waals surface area contributed by atoms with E-state index in [2.05, 4.69) is 5.32 Å². The molecule has 8 heteroatoms. The number of nitrogens with one attached hydrogen (secondary N) is 1. The standard InChI is InChI=1S/C20H16F2N2O4/c21-13-5-3-6-14(22)16(13)19(25)23-17-12-4-1-2-7-15(12)28-18(17)20(26)24-8-10-27-11-9-24/h1-7H,8-11H2,(H,23,25). The molecule has 2 aromatic carbocycles. The van der Waals surface area contributed by atoms with E-state index in [9.17, 15) is 18.4 Å². The van der Waals surface area contributed by atoms with Crippen molar-refractivity contribution < 1.29 is 27.5 Å². The van der Waals surface area contributed by atoms with Crippen LogP contribution in [0.3, 0.4) is 0 Å². The van der Waals surface area contributed by atoms with Crippen LogP contribution in [0.25, 0.3) is 11.0 Å². The van der Waals surface area contributed by atoms with Crippen LogP contribution in [0.2, 0.25) is 0 Å². The van der Waals surface area contributed by atoms with Crippen molar-refractivity contribution in [2.24, 2.45) is 0 Å². The van der Waals surface area contributed by atoms with Gasteiger partial charge in [0.25, 0.3) is 11.8 Å². The number of rotatable bonds is 3. The number of halogens is 2. The Morgan fingerprint density at radius 3 is 2.36 bits per heavy atom. The summed E-state index contributed by atoms with van der Waals surface area (Å²) < 4.78 is 38.9. The molecule has 28 heavy (non-hydrogen) atoms. The van der Waals surface area contributed by atoms with Crippen LogP contribution in [0.1, 0.15) is 20.9 Å². The molecule has 3 aromatic rings. The van der Waals surface area contributed by atoms with E-state index in [1.807, 2.05) is 0 Å². The van der Waals surface area contributed by atoms with Crippen molar-refractivity contribution in [3.05, 3.63) is 65.4 Å². The Bertz CT molecular complexity index is 1040. The smallest absolute Gasteiger partial charge is 0.291 e. The Morgan fingerprint density at radius 2 is 1.64 bits per heavy atom. The SMILES string of the molecule is O=C(Nc1c(C(=O)N2CCOCC2)oc2ccccc12)c1c(F)cccc1F. The van der Waals surface area contributed by atoms with Gasteiger partial charge in [0, 0.05) is 18.5 Å². The topological polar surface area (TPSA) is 71.8 Å². The normalized spacial score (nSPS) is 14.3. The second-order valence-electron chi connectivity index (χ2n) is 6.26. The number of hydrogen-bond acceptors (Lipinski definition) is 4. The predicted octanol–water partition coefficient (Wildman–Crippen LogP) is 3.44. The number of para-hydroxylation sites is 1. The molecule has 1 saturated heterocycles. The number of morpholine rings is 1. The Morgan fingerprint density at radius 1 is 0.964 bits per heavy atom. The third-order valence-corrected chi connectivity index (χ3v) is 4.52. The number of nitrogens with zero attached hydrogens (tertiary/aromatic N) is 1. The largest absolute Gasteiger partial charge is 0.449 e. The van der Waals surface area contributed by atoms with Gasteiger partial charge in [0.15, 0.2) is 0 Å². The number of benzene rings is 2. The van der Waals surface area contributed by atoms with Gasteiger partial charge in [-0.2, -0.15) is 0 Å². The van der Waals surface area contributed by atoms with Gasteiger partial charge in [-0.15, -0.1) is 0 Å². The van der Waals surface area contributed by atoms with E-state index in [-0.39, 0.29) is 11.4 Å². The van der Waals surface area contributed by atoms with Crippen LogP contribution >= 0.6 is 0 Å². The molecule has 6 nitrogen and oxygen atoms in total. The summed E-state index contributed by atoms with van der Waals surface area (Å²) in [6.07, 6.45) is 0. The van der Waals surface area contributed by atoms with Gasteiger partial charge < -0.3 is 19.4 Å². The van der Waals surface area contributed by atoms with Crippen molar-refractivity contribution in [3.63, 3.8) is 0 Å². The molecular weight excluding hydrogens is 370 g/mol. The number of ether oxygens (including phenoxy) is 1. The summed E-state index contributed by atoms with van der Waals surface area (Å²) in [5.74, 6) is -3.51. The lowest BCUT2D eigenvalue weighted by atomic mass is 10.1. The van der Waals surface area contributed by atoms with Crippen LogP contribution in [-0.2, 0) is 4.74 Å². The minimum absolute atomic E-state index is 0.0831. The minimum atomic E-state index is -1.00. The third-order valence-electron chi connectivity index (χ3n) is 4.52. The maximum atomic E-state index is 14.0. The average molecular weight is 386 g/mol. The summed E-state index contributed by atoms with van der Waals surface area (Å²) in [5, 5.41) is 2.92. The number of carbonyl (C=O) groups excluding carboxylic acids is 2. The fraction of sp³-hybridized carbons (Fsp3) is 0.200. The van der Waals surface area contributed by atoms with Gasteiger partial charge >= 0.3 is 0 Å². The summed E-state index contributed by atoms with van der Waals surface area (Å²) in [5.41, 5.74) is -0.263. The number of furan rings is 1. The molecule has 1 aliphatic heterocycles. The van der Waals surface area contributed by atoms with Crippen molar-refractivity contribution in [1.82, 2.24) is 4.90 Å². The van der Waals surface area contributed by atoms with Gasteiger partial charge in [-0.3, -0.25) is 9.59 Å². The summed E-state index contributed by atoms with van der Waals surface area (Å²) in [6, 6.07) is 9.88. The number of fused-ring (bicyclic) bond motifs is 1. The highest BCUT2D eigenvalue weighted by Crippen LogP contribution is 2.32. The zero-order chi connectivity index (χ0) is 19.7. The first kappa shape index (κ1) is 18.1. The molecule has 144 valence electrons. The Labute approximate surface area is 158 Å². The van der Waals surface area contributed by atoms with E-state index in [0.29, 0.717) is 37.3 Å². The molecule has 1 aliphatic rings. The van der Waals surface area contributed by atoms with E-state index >= 15 is 0 Å². The molecule has 0 saturated carbocycles. The maximum Gasteiger partial charge on any atom is 0.291 e. The molecule has 0 radical (unpaired) electrons. The van der Waals surface area contributed by atoms with E-state index in [1.54, 1.807) is 29.2 Å². The fourth-order valence-electron chi connectivity index (χ4n) is 3.12. The summed E-state index contributed by atoms with van der Waals surface area (Å²) in [7, 11) is 0. The van der Waals surface area contributed by atoms with Crippen molar-refractivity contribution in [2.45, 2.75) is 0 Å². The van der Waals surface area contributed by atoms with Gasteiger partial charge in [-0.05, 0) is 24.3 Å². The van der Waals surface area contributed by atoms with E-state index in [0.717, 1.165) is 12.1 Å². The Hall–Kier alpha value is -3.26. The van der Waals surface area contributed by atoms with Gasteiger partial charge in [-0.1, -0.05) is 18.2 Å². The summed E-state index contributed by atoms with van der Waals surface area (Å²) in [6.45, 7) is 1.55. The Balaban J connectivity index is 1.75. The molecule has 0 atom stereocenters. The lowest BCUT2D eigenvalue weighted by Gasteiger charge is -2.26. The predicted molar refractivity (Wildman–Crippen MR) is 97.2 cm³/mol. The first-order valence-corrected chi connectivity index (χ1v) is 8.70. The van der Waals surface area contributed by atoms with E-state index in [1.165, 1.54) is 6.07 Å². The number of amides is 2. The monoisotopic (exact) mass is 386 g/mol. The molecule has 0 spiro atoms. The molecule has 2 amide bonds. The third kappa shape index (κ3) is 3.22. The van der Waals surface area contributed by atoms with Crippen LogP contribution in [0, 0.1) is 11.6 Å². The van der Waals surface area contributed by atoms with Gasteiger partial charge in [-0.25, -0.2) is 8.78 Å². The molecule has 1 N–H and O–H groups in total. The second-order valence-corrected chi connectivity index (χ2v) is 6.26. The highest BCUT2D eigenvalue weighted by molar-refractivity contribution is 6.14. The molecule has 0 unspecified atom stereocenters. The molecule has 1 aromatic heterocycles. The van der Waals surface area contributed by atoms with Crippen LogP contribution < -0.4 is 5.32 Å². The van der Waals surface area contributed by atoms with Crippen LogP contribution in [0.15, 0.2) is 46.9 Å². The molecule has 0 bridgehead atoms. The zero-order valence-electron chi connectivity index (χ0n) is 14.7. The van der Waals surface area contributed by atoms with Crippen molar-refractivity contribution in [2.75, 3.05) is 31.6 Å². The Kier molecular flexibility index (Phi) is 4.79. The fourth-order valence-corrected chi connectivity index (χ4v) is 3.12. The first-order valence-electron chi connectivity index (χ1n) is 8.70. The number of hydrogen-bond donors (Lipinski definition) is 1. The number of carbonyl (C=O) groups is 2. The molecule has 0 aliphatic carbocycles. The van der Waals surface area contributed by atoms with Crippen molar-refractivity contribution in [3.8, 4) is 0 Å². The highest BCUT2D eigenvalue weighted by atomic mass is 19.1. The molecular formula is C20H16F2N2O4. The van der Waals surface area contributed by atoms with Crippen molar-refractivity contribution in [1.29, 1.82) is 0 Å². The van der Waals surface area contributed by atoms with E-state index in [4.69, 9.17) is 9.15 Å². The van der Waals surface area contributed by atoms with Crippen LogP contribution in [0.4, 0.5) is 14.5 Å². The number of anilines is 1. The van der Waals surface area contributed by atoms with Crippen LogP contribution in [-0.4, -0.2) is 43.0 Å². The van der Waals surface area contributed by atoms with Gasteiger partial charge in [0.05, 0.1) is 13.2 Å². The lowest BCUT2D eigenvalue weighted by molar-refractivity contribution is 0.0285.